The third-order valence-corrected chi connectivity index (χ3v) is 2.22. The first-order valence-corrected chi connectivity index (χ1v) is 5.30. The summed E-state index contributed by atoms with van der Waals surface area (Å²) in [6.07, 6.45) is 0. The van der Waals surface area contributed by atoms with Gasteiger partial charge in [0.25, 0.3) is 0 Å². The lowest BCUT2D eigenvalue weighted by Crippen LogP contribution is -2.30. The highest BCUT2D eigenvalue weighted by Crippen LogP contribution is 2.20. The van der Waals surface area contributed by atoms with Crippen molar-refractivity contribution in [1.82, 2.24) is 0 Å². The standard InChI is InChI=1S/C11H11Cl2NO2/c1-8(12)6-14(7-11(15)16)10-4-2-3-9(13)5-10/h2-5H,1,6-7H2,(H,15,16). The first-order valence-electron chi connectivity index (χ1n) is 4.54. The van der Waals surface area contributed by atoms with Crippen LogP contribution in [0.4, 0.5) is 5.69 Å². The Bertz CT molecular complexity index is 391. The first-order chi connectivity index (χ1) is 7.49. The molecule has 0 bridgehead atoms. The molecule has 0 amide bonds. The molecule has 0 saturated heterocycles. The second-order valence-electron chi connectivity index (χ2n) is 3.25. The lowest BCUT2D eigenvalue weighted by Gasteiger charge is -2.22. The summed E-state index contributed by atoms with van der Waals surface area (Å²) in [5.41, 5.74) is 0.705. The number of carboxylic acid groups (broad SMARTS) is 1. The summed E-state index contributed by atoms with van der Waals surface area (Å²) in [6.45, 7) is 3.67. The van der Waals surface area contributed by atoms with Crippen molar-refractivity contribution in [1.29, 1.82) is 0 Å². The van der Waals surface area contributed by atoms with Gasteiger partial charge < -0.3 is 10.0 Å². The summed E-state index contributed by atoms with van der Waals surface area (Å²) < 4.78 is 0. The highest BCUT2D eigenvalue weighted by molar-refractivity contribution is 6.31. The molecule has 1 aromatic rings. The molecule has 1 N–H and O–H groups in total. The van der Waals surface area contributed by atoms with E-state index in [4.69, 9.17) is 28.3 Å². The highest BCUT2D eigenvalue weighted by Gasteiger charge is 2.11. The SMILES string of the molecule is C=C(Cl)CN(CC(=O)O)c1cccc(Cl)c1. The summed E-state index contributed by atoms with van der Waals surface area (Å²) in [5, 5.41) is 9.71. The van der Waals surface area contributed by atoms with Crippen LogP contribution in [-0.4, -0.2) is 24.2 Å². The number of aliphatic carboxylic acids is 1. The van der Waals surface area contributed by atoms with Crippen LogP contribution >= 0.6 is 23.2 Å². The van der Waals surface area contributed by atoms with Gasteiger partial charge in [-0.25, -0.2) is 0 Å². The van der Waals surface area contributed by atoms with E-state index in [2.05, 4.69) is 6.58 Å². The van der Waals surface area contributed by atoms with Crippen LogP contribution in [0.25, 0.3) is 0 Å². The van der Waals surface area contributed by atoms with Gasteiger partial charge in [-0.15, -0.1) is 0 Å². The van der Waals surface area contributed by atoms with Crippen molar-refractivity contribution < 1.29 is 9.90 Å². The Morgan fingerprint density at radius 1 is 1.44 bits per heavy atom. The van der Waals surface area contributed by atoms with Gasteiger partial charge in [0.1, 0.15) is 6.54 Å². The molecule has 0 atom stereocenters. The molecule has 0 fully saturated rings. The maximum absolute atomic E-state index is 10.7. The van der Waals surface area contributed by atoms with Crippen LogP contribution in [0.2, 0.25) is 5.02 Å². The third kappa shape index (κ3) is 4.13. The second kappa shape index (κ2) is 5.77. The Morgan fingerprint density at radius 2 is 2.12 bits per heavy atom. The smallest absolute Gasteiger partial charge is 0.323 e. The van der Waals surface area contributed by atoms with E-state index in [1.165, 1.54) is 0 Å². The van der Waals surface area contributed by atoms with E-state index in [0.29, 0.717) is 15.7 Å². The van der Waals surface area contributed by atoms with Crippen LogP contribution in [0.15, 0.2) is 35.9 Å². The number of hydrogen-bond donors (Lipinski definition) is 1. The number of carbonyl (C=O) groups is 1. The van der Waals surface area contributed by atoms with E-state index in [0.717, 1.165) is 0 Å². The zero-order chi connectivity index (χ0) is 12.1. The fourth-order valence-corrected chi connectivity index (χ4v) is 1.61. The van der Waals surface area contributed by atoms with Gasteiger partial charge in [-0.1, -0.05) is 35.8 Å². The van der Waals surface area contributed by atoms with E-state index >= 15 is 0 Å². The Balaban J connectivity index is 2.90. The highest BCUT2D eigenvalue weighted by atomic mass is 35.5. The maximum Gasteiger partial charge on any atom is 0.323 e. The van der Waals surface area contributed by atoms with Crippen molar-refractivity contribution >= 4 is 34.9 Å². The van der Waals surface area contributed by atoms with Gasteiger partial charge in [0.2, 0.25) is 0 Å². The number of carboxylic acids is 1. The van der Waals surface area contributed by atoms with Crippen LogP contribution < -0.4 is 4.90 Å². The number of rotatable bonds is 5. The zero-order valence-corrected chi connectivity index (χ0v) is 10.0. The molecule has 0 saturated carbocycles. The molecule has 0 radical (unpaired) electrons. The molecule has 0 spiro atoms. The van der Waals surface area contributed by atoms with Gasteiger partial charge in [0, 0.05) is 15.7 Å². The minimum absolute atomic E-state index is 0.147. The van der Waals surface area contributed by atoms with Gasteiger partial charge in [-0.3, -0.25) is 4.79 Å². The molecule has 0 heterocycles. The molecule has 5 heteroatoms. The predicted octanol–water partition coefficient (Wildman–Crippen LogP) is 2.98. The Kier molecular flexibility index (Phi) is 4.65. The maximum atomic E-state index is 10.7. The van der Waals surface area contributed by atoms with Crippen LogP contribution in [0.3, 0.4) is 0 Å². The normalized spacial score (nSPS) is 9.88. The second-order valence-corrected chi connectivity index (χ2v) is 4.22. The van der Waals surface area contributed by atoms with Gasteiger partial charge in [-0.05, 0) is 18.2 Å². The fraction of sp³-hybridized carbons (Fsp3) is 0.182. The number of hydrogen-bond acceptors (Lipinski definition) is 2. The van der Waals surface area contributed by atoms with Crippen LogP contribution in [0.1, 0.15) is 0 Å². The zero-order valence-electron chi connectivity index (χ0n) is 8.49. The summed E-state index contributed by atoms with van der Waals surface area (Å²) in [6, 6.07) is 6.93. The molecule has 0 unspecified atom stereocenters. The lowest BCUT2D eigenvalue weighted by molar-refractivity contribution is -0.135. The summed E-state index contributed by atoms with van der Waals surface area (Å²) in [5.74, 6) is -0.933. The minimum atomic E-state index is -0.933. The molecule has 16 heavy (non-hydrogen) atoms. The molecule has 86 valence electrons. The van der Waals surface area contributed by atoms with Crippen molar-refractivity contribution in [3.8, 4) is 0 Å². The van der Waals surface area contributed by atoms with Crippen LogP contribution in [0, 0.1) is 0 Å². The molecule has 3 nitrogen and oxygen atoms in total. The van der Waals surface area contributed by atoms with Gasteiger partial charge >= 0.3 is 5.97 Å². The number of nitrogens with zero attached hydrogens (tertiary/aromatic N) is 1. The van der Waals surface area contributed by atoms with Gasteiger partial charge in [-0.2, -0.15) is 0 Å². The summed E-state index contributed by atoms with van der Waals surface area (Å²) in [4.78, 5) is 12.3. The molecule has 1 aromatic carbocycles. The fourth-order valence-electron chi connectivity index (χ4n) is 1.28. The van der Waals surface area contributed by atoms with Gasteiger partial charge in [0.05, 0.1) is 6.54 Å². The molecular weight excluding hydrogens is 249 g/mol. The number of benzene rings is 1. The number of anilines is 1. The van der Waals surface area contributed by atoms with E-state index in [-0.39, 0.29) is 13.1 Å². The van der Waals surface area contributed by atoms with E-state index < -0.39 is 5.97 Å². The molecule has 1 rings (SSSR count). The average molecular weight is 260 g/mol. The van der Waals surface area contributed by atoms with Crippen molar-refractivity contribution in [3.05, 3.63) is 40.9 Å². The summed E-state index contributed by atoms with van der Waals surface area (Å²) >= 11 is 11.5. The third-order valence-electron chi connectivity index (χ3n) is 1.86. The van der Waals surface area contributed by atoms with Crippen LogP contribution in [-0.2, 0) is 4.79 Å². The van der Waals surface area contributed by atoms with E-state index in [1.54, 1.807) is 29.2 Å². The van der Waals surface area contributed by atoms with Gasteiger partial charge in [0.15, 0.2) is 0 Å². The molecular formula is C11H11Cl2NO2. The van der Waals surface area contributed by atoms with E-state index in [1.807, 2.05) is 0 Å². The van der Waals surface area contributed by atoms with Crippen molar-refractivity contribution in [2.45, 2.75) is 0 Å². The van der Waals surface area contributed by atoms with E-state index in [9.17, 15) is 4.79 Å². The van der Waals surface area contributed by atoms with Crippen molar-refractivity contribution in [3.63, 3.8) is 0 Å². The Morgan fingerprint density at radius 3 is 2.62 bits per heavy atom. The monoisotopic (exact) mass is 259 g/mol. The minimum Gasteiger partial charge on any atom is -0.480 e. The molecule has 0 aliphatic rings. The quantitative estimate of drug-likeness (QED) is 0.884. The van der Waals surface area contributed by atoms with Crippen LogP contribution in [0.5, 0.6) is 0 Å². The Hall–Kier alpha value is -1.19. The molecule has 0 aliphatic carbocycles. The summed E-state index contributed by atoms with van der Waals surface area (Å²) in [7, 11) is 0. The average Bonchev–Trinajstić information content (AvgIpc) is 2.15. The molecule has 0 aromatic heterocycles. The topological polar surface area (TPSA) is 40.5 Å². The largest absolute Gasteiger partial charge is 0.480 e. The lowest BCUT2D eigenvalue weighted by atomic mass is 10.3. The Labute approximate surface area is 104 Å². The number of halogens is 2. The molecule has 0 aliphatic heterocycles. The first kappa shape index (κ1) is 12.9. The predicted molar refractivity (Wildman–Crippen MR) is 66.3 cm³/mol. The van der Waals surface area contributed by atoms with Crippen molar-refractivity contribution in [2.75, 3.05) is 18.0 Å². The van der Waals surface area contributed by atoms with Crippen molar-refractivity contribution in [2.24, 2.45) is 0 Å².